The molecule has 1 atom stereocenters. The van der Waals surface area contributed by atoms with E-state index in [-0.39, 0.29) is 10.5 Å². The van der Waals surface area contributed by atoms with E-state index in [0.717, 1.165) is 6.26 Å². The Kier molecular flexibility index (Phi) is 4.07. The Balaban J connectivity index is 2.86. The van der Waals surface area contributed by atoms with Crippen LogP contribution >= 0.6 is 0 Å². The highest BCUT2D eigenvalue weighted by molar-refractivity contribution is 7.90. The van der Waals surface area contributed by atoms with E-state index < -0.39 is 27.8 Å². The molecule has 0 fully saturated rings. The van der Waals surface area contributed by atoms with Gasteiger partial charge in [-0.25, -0.2) is 13.2 Å². The van der Waals surface area contributed by atoms with Crippen molar-refractivity contribution in [3.8, 4) is 0 Å². The van der Waals surface area contributed by atoms with Gasteiger partial charge in [-0.05, 0) is 31.2 Å². The third kappa shape index (κ3) is 3.56. The first-order valence-electron chi connectivity index (χ1n) is 5.02. The molecule has 0 bridgehead atoms. The lowest BCUT2D eigenvalue weighted by Crippen LogP contribution is -2.30. The Labute approximate surface area is 105 Å². The maximum atomic E-state index is 11.5. The van der Waals surface area contributed by atoms with E-state index in [1.165, 1.54) is 31.2 Å². The van der Waals surface area contributed by atoms with Gasteiger partial charge in [-0.15, -0.1) is 0 Å². The first-order chi connectivity index (χ1) is 8.21. The predicted molar refractivity (Wildman–Crippen MR) is 63.6 cm³/mol. The molecule has 6 nitrogen and oxygen atoms in total. The van der Waals surface area contributed by atoms with Gasteiger partial charge in [-0.2, -0.15) is 0 Å². The van der Waals surface area contributed by atoms with Crippen LogP contribution in [0.2, 0.25) is 0 Å². The van der Waals surface area contributed by atoms with Gasteiger partial charge in [0.25, 0.3) is 5.91 Å². The molecule has 0 aromatic heterocycles. The van der Waals surface area contributed by atoms with Crippen molar-refractivity contribution < 1.29 is 22.7 Å². The summed E-state index contributed by atoms with van der Waals surface area (Å²) in [6.07, 6.45) is 0.0299. The number of rotatable bonds is 4. The van der Waals surface area contributed by atoms with Crippen LogP contribution in [0.25, 0.3) is 0 Å². The zero-order chi connectivity index (χ0) is 13.9. The molecule has 1 rings (SSSR count). The van der Waals surface area contributed by atoms with E-state index in [9.17, 15) is 18.0 Å². The van der Waals surface area contributed by atoms with Crippen LogP contribution in [-0.2, 0) is 19.4 Å². The average molecular weight is 271 g/mol. The van der Waals surface area contributed by atoms with Gasteiger partial charge in [0, 0.05) is 6.26 Å². The lowest BCUT2D eigenvalue weighted by Gasteiger charge is -2.09. The van der Waals surface area contributed by atoms with Crippen molar-refractivity contribution in [1.82, 2.24) is 0 Å². The van der Waals surface area contributed by atoms with Crippen LogP contribution in [0, 0.1) is 0 Å². The molecule has 0 aliphatic rings. The molecule has 0 radical (unpaired) electrons. The van der Waals surface area contributed by atoms with Gasteiger partial charge in [-0.3, -0.25) is 4.79 Å². The van der Waals surface area contributed by atoms with Gasteiger partial charge in [0.15, 0.2) is 15.9 Å². The van der Waals surface area contributed by atoms with Crippen LogP contribution < -0.4 is 5.73 Å². The van der Waals surface area contributed by atoms with Crippen molar-refractivity contribution in [3.05, 3.63) is 29.8 Å². The fourth-order valence-corrected chi connectivity index (χ4v) is 1.76. The molecule has 0 heterocycles. The van der Waals surface area contributed by atoms with Gasteiger partial charge in [0.1, 0.15) is 0 Å². The summed E-state index contributed by atoms with van der Waals surface area (Å²) in [5.74, 6) is -1.49. The van der Waals surface area contributed by atoms with Crippen LogP contribution in [0.5, 0.6) is 0 Å². The van der Waals surface area contributed by atoms with Gasteiger partial charge >= 0.3 is 5.97 Å². The summed E-state index contributed by atoms with van der Waals surface area (Å²) in [5.41, 5.74) is 5.10. The molecule has 0 aliphatic heterocycles. The number of esters is 1. The molecule has 0 saturated carbocycles. The Morgan fingerprint density at radius 3 is 2.11 bits per heavy atom. The Morgan fingerprint density at radius 1 is 1.22 bits per heavy atom. The second-order valence-electron chi connectivity index (χ2n) is 3.75. The van der Waals surface area contributed by atoms with Gasteiger partial charge in [-0.1, -0.05) is 0 Å². The fourth-order valence-electron chi connectivity index (χ4n) is 1.12. The number of carbonyl (C=O) groups excluding carboxylic acids is 2. The number of hydrogen-bond donors (Lipinski definition) is 1. The lowest BCUT2D eigenvalue weighted by molar-refractivity contribution is -0.125. The van der Waals surface area contributed by atoms with E-state index in [2.05, 4.69) is 0 Å². The number of hydrogen-bond acceptors (Lipinski definition) is 5. The molecular weight excluding hydrogens is 258 g/mol. The van der Waals surface area contributed by atoms with E-state index in [1.807, 2.05) is 0 Å². The summed E-state index contributed by atoms with van der Waals surface area (Å²) in [4.78, 5) is 22.4. The molecule has 1 aromatic carbocycles. The molecule has 98 valence electrons. The highest BCUT2D eigenvalue weighted by Gasteiger charge is 2.16. The maximum absolute atomic E-state index is 11.5. The minimum Gasteiger partial charge on any atom is -0.449 e. The summed E-state index contributed by atoms with van der Waals surface area (Å²) in [7, 11) is -3.31. The average Bonchev–Trinajstić information content (AvgIpc) is 2.27. The third-order valence-corrected chi connectivity index (χ3v) is 3.33. The second kappa shape index (κ2) is 5.18. The van der Waals surface area contributed by atoms with Crippen molar-refractivity contribution >= 4 is 21.7 Å². The van der Waals surface area contributed by atoms with Crippen molar-refractivity contribution in [2.24, 2.45) is 5.73 Å². The van der Waals surface area contributed by atoms with E-state index in [1.54, 1.807) is 0 Å². The summed E-state index contributed by atoms with van der Waals surface area (Å²) >= 11 is 0. The van der Waals surface area contributed by atoms with Gasteiger partial charge in [0.05, 0.1) is 10.5 Å². The molecule has 0 unspecified atom stereocenters. The van der Waals surface area contributed by atoms with Crippen molar-refractivity contribution in [2.45, 2.75) is 17.9 Å². The Morgan fingerprint density at radius 2 is 1.72 bits per heavy atom. The smallest absolute Gasteiger partial charge is 0.338 e. The van der Waals surface area contributed by atoms with Crippen LogP contribution in [0.1, 0.15) is 17.3 Å². The number of nitrogens with two attached hydrogens (primary N) is 1. The molecule has 2 N–H and O–H groups in total. The summed E-state index contributed by atoms with van der Waals surface area (Å²) in [5, 5.41) is 0. The molecule has 1 amide bonds. The molecule has 0 saturated heterocycles. The molecule has 18 heavy (non-hydrogen) atoms. The maximum Gasteiger partial charge on any atom is 0.338 e. The SMILES string of the molecule is C[C@H](OC(=O)c1ccc(S(C)(=O)=O)cc1)C(N)=O. The number of primary amides is 1. The van der Waals surface area contributed by atoms with Gasteiger partial charge < -0.3 is 10.5 Å². The summed E-state index contributed by atoms with van der Waals surface area (Å²) in [6.45, 7) is 1.35. The summed E-state index contributed by atoms with van der Waals surface area (Å²) in [6, 6.07) is 5.21. The highest BCUT2D eigenvalue weighted by atomic mass is 32.2. The van der Waals surface area contributed by atoms with Crippen LogP contribution in [0.3, 0.4) is 0 Å². The minimum atomic E-state index is -3.31. The minimum absolute atomic E-state index is 0.0991. The number of ether oxygens (including phenoxy) is 1. The van der Waals surface area contributed by atoms with E-state index in [4.69, 9.17) is 10.5 Å². The first-order valence-corrected chi connectivity index (χ1v) is 6.91. The largest absolute Gasteiger partial charge is 0.449 e. The quantitative estimate of drug-likeness (QED) is 0.783. The number of carbonyl (C=O) groups is 2. The number of amides is 1. The third-order valence-electron chi connectivity index (χ3n) is 2.20. The Hall–Kier alpha value is -1.89. The fraction of sp³-hybridized carbons (Fsp3) is 0.273. The van der Waals surface area contributed by atoms with E-state index >= 15 is 0 Å². The van der Waals surface area contributed by atoms with Crippen LogP contribution in [-0.4, -0.2) is 32.7 Å². The molecular formula is C11H13NO5S. The van der Waals surface area contributed by atoms with E-state index in [0.29, 0.717) is 0 Å². The lowest BCUT2D eigenvalue weighted by atomic mass is 10.2. The Bertz CT molecular complexity index is 562. The topological polar surface area (TPSA) is 104 Å². The summed E-state index contributed by atoms with van der Waals surface area (Å²) < 4.78 is 27.2. The monoisotopic (exact) mass is 271 g/mol. The van der Waals surface area contributed by atoms with Crippen LogP contribution in [0.15, 0.2) is 29.2 Å². The first kappa shape index (κ1) is 14.2. The van der Waals surface area contributed by atoms with Crippen molar-refractivity contribution in [1.29, 1.82) is 0 Å². The van der Waals surface area contributed by atoms with Gasteiger partial charge in [0.2, 0.25) is 0 Å². The molecule has 1 aromatic rings. The second-order valence-corrected chi connectivity index (χ2v) is 5.76. The predicted octanol–water partition coefficient (Wildman–Crippen LogP) is 0.121. The zero-order valence-corrected chi connectivity index (χ0v) is 10.7. The van der Waals surface area contributed by atoms with Crippen molar-refractivity contribution in [3.63, 3.8) is 0 Å². The van der Waals surface area contributed by atoms with Crippen molar-refractivity contribution in [2.75, 3.05) is 6.26 Å². The zero-order valence-electron chi connectivity index (χ0n) is 9.91. The number of benzene rings is 1. The standard InChI is InChI=1S/C11H13NO5S/c1-7(10(12)13)17-11(14)8-3-5-9(6-4-8)18(2,15)16/h3-7H,1-2H3,(H2,12,13)/t7-/m0/s1. The normalized spacial score (nSPS) is 12.8. The highest BCUT2D eigenvalue weighted by Crippen LogP contribution is 2.11. The molecule has 0 aliphatic carbocycles. The molecule has 0 spiro atoms. The van der Waals surface area contributed by atoms with Crippen LogP contribution in [0.4, 0.5) is 0 Å². The number of sulfone groups is 1. The molecule has 7 heteroatoms.